The van der Waals surface area contributed by atoms with Crippen LogP contribution in [0.3, 0.4) is 0 Å². The van der Waals surface area contributed by atoms with Crippen LogP contribution < -0.4 is 23.9 Å². The molecule has 14 heteroatoms. The van der Waals surface area contributed by atoms with Crippen molar-refractivity contribution in [3.63, 3.8) is 0 Å². The molecule has 0 bridgehead atoms. The molecule has 0 fully saturated rings. The molecule has 0 radical (unpaired) electrons. The number of esters is 1. The zero-order valence-electron chi connectivity index (χ0n) is 24.8. The molecule has 1 amide bonds. The summed E-state index contributed by atoms with van der Waals surface area (Å²) >= 11 is 6.20. The van der Waals surface area contributed by atoms with Crippen molar-refractivity contribution in [1.82, 2.24) is 5.43 Å². The Bertz CT molecular complexity index is 1810. The number of halogens is 1. The predicted octanol–water partition coefficient (Wildman–Crippen LogP) is 5.15. The highest BCUT2D eigenvalue weighted by Crippen LogP contribution is 2.37. The topological polar surface area (TPSA) is 146 Å². The third-order valence-corrected chi connectivity index (χ3v) is 8.32. The number of hydrogen-bond acceptors (Lipinski definition) is 10. The van der Waals surface area contributed by atoms with E-state index in [1.807, 2.05) is 0 Å². The first-order valence-electron chi connectivity index (χ1n) is 13.4. The first-order valence-corrected chi connectivity index (χ1v) is 15.2. The Kier molecular flexibility index (Phi) is 10.7. The molecule has 0 saturated heterocycles. The molecule has 1 heterocycles. The van der Waals surface area contributed by atoms with Gasteiger partial charge in [0, 0.05) is 16.7 Å². The standard InChI is InChI=1S/C31H30ClN3O9S/c1-5-43-31(37)21-8-6-20(7-9-21)26-14-11-23(44-26)18-33-34-30(36)19-35(25-16-22(32)10-13-27(25)40-2)45(38,39)24-12-15-28(41-3)29(17-24)42-4/h6-18H,5,19H2,1-4H3,(H,34,36)/b33-18-. The van der Waals surface area contributed by atoms with E-state index < -0.39 is 28.4 Å². The van der Waals surface area contributed by atoms with Crippen LogP contribution in [-0.4, -0.2) is 61.0 Å². The molecule has 0 spiro atoms. The third kappa shape index (κ3) is 7.75. The van der Waals surface area contributed by atoms with Gasteiger partial charge in [-0.3, -0.25) is 9.10 Å². The quantitative estimate of drug-likeness (QED) is 0.117. The minimum Gasteiger partial charge on any atom is -0.495 e. The summed E-state index contributed by atoms with van der Waals surface area (Å²) in [5.74, 6) is 0.292. The minimum absolute atomic E-state index is 0.0311. The van der Waals surface area contributed by atoms with Crippen molar-refractivity contribution in [2.75, 3.05) is 38.8 Å². The minimum atomic E-state index is -4.37. The molecule has 12 nitrogen and oxygen atoms in total. The SMILES string of the molecule is CCOC(=O)c1ccc(-c2ccc(/C=N\NC(=O)CN(c3cc(Cl)ccc3OC)S(=O)(=O)c3ccc(OC)c(OC)c3)o2)cc1. The van der Waals surface area contributed by atoms with Crippen LogP contribution in [0.1, 0.15) is 23.0 Å². The number of rotatable bonds is 13. The molecule has 0 atom stereocenters. The summed E-state index contributed by atoms with van der Waals surface area (Å²) in [5, 5.41) is 4.15. The summed E-state index contributed by atoms with van der Waals surface area (Å²) in [6.45, 7) is 1.33. The fourth-order valence-electron chi connectivity index (χ4n) is 4.16. The normalized spacial score (nSPS) is 11.2. The molecule has 4 rings (SSSR count). The van der Waals surface area contributed by atoms with Gasteiger partial charge in [-0.1, -0.05) is 23.7 Å². The van der Waals surface area contributed by atoms with Crippen LogP contribution >= 0.6 is 11.6 Å². The number of nitrogens with one attached hydrogen (secondary N) is 1. The lowest BCUT2D eigenvalue weighted by molar-refractivity contribution is -0.119. The molecule has 1 N–H and O–H groups in total. The molecule has 236 valence electrons. The molecular weight excluding hydrogens is 626 g/mol. The molecule has 0 aliphatic heterocycles. The molecule has 1 aromatic heterocycles. The lowest BCUT2D eigenvalue weighted by atomic mass is 10.1. The smallest absolute Gasteiger partial charge is 0.338 e. The summed E-state index contributed by atoms with van der Waals surface area (Å²) in [6, 6.07) is 18.5. The largest absolute Gasteiger partial charge is 0.495 e. The molecule has 0 saturated carbocycles. The number of sulfonamides is 1. The summed E-state index contributed by atoms with van der Waals surface area (Å²) in [5.41, 5.74) is 3.47. The fraction of sp³-hybridized carbons (Fsp3) is 0.194. The number of anilines is 1. The predicted molar refractivity (Wildman–Crippen MR) is 168 cm³/mol. The third-order valence-electron chi connectivity index (χ3n) is 6.33. The van der Waals surface area contributed by atoms with Crippen molar-refractivity contribution in [3.8, 4) is 28.6 Å². The maximum atomic E-state index is 13.9. The van der Waals surface area contributed by atoms with Crippen molar-refractivity contribution in [3.05, 3.63) is 89.1 Å². The van der Waals surface area contributed by atoms with E-state index in [1.165, 1.54) is 63.9 Å². The molecular formula is C31H30ClN3O9S. The van der Waals surface area contributed by atoms with E-state index in [0.717, 1.165) is 4.31 Å². The van der Waals surface area contributed by atoms with Crippen LogP contribution in [0.15, 0.2) is 87.2 Å². The van der Waals surface area contributed by atoms with Crippen molar-refractivity contribution in [2.45, 2.75) is 11.8 Å². The summed E-state index contributed by atoms with van der Waals surface area (Å²) in [7, 11) is -0.207. The number of carbonyl (C=O) groups is 2. The summed E-state index contributed by atoms with van der Waals surface area (Å²) in [6.07, 6.45) is 1.27. The first kappa shape index (κ1) is 32.9. The van der Waals surface area contributed by atoms with Gasteiger partial charge in [-0.25, -0.2) is 18.6 Å². The van der Waals surface area contributed by atoms with Crippen molar-refractivity contribution in [2.24, 2.45) is 5.10 Å². The number of nitrogens with zero attached hydrogens (tertiary/aromatic N) is 2. The van der Waals surface area contributed by atoms with Gasteiger partial charge in [0.2, 0.25) is 0 Å². The van der Waals surface area contributed by atoms with Crippen molar-refractivity contribution < 1.29 is 41.4 Å². The summed E-state index contributed by atoms with van der Waals surface area (Å²) < 4.78 is 55.3. The van der Waals surface area contributed by atoms with Crippen molar-refractivity contribution >= 4 is 45.4 Å². The number of amides is 1. The van der Waals surface area contributed by atoms with E-state index in [9.17, 15) is 18.0 Å². The van der Waals surface area contributed by atoms with E-state index in [1.54, 1.807) is 43.3 Å². The van der Waals surface area contributed by atoms with Gasteiger partial charge in [0.15, 0.2) is 11.5 Å². The monoisotopic (exact) mass is 655 g/mol. The van der Waals surface area contributed by atoms with Crippen LogP contribution in [-0.2, 0) is 19.6 Å². The molecule has 0 unspecified atom stereocenters. The Morgan fingerprint density at radius 1 is 0.911 bits per heavy atom. The molecule has 0 aliphatic carbocycles. The zero-order valence-corrected chi connectivity index (χ0v) is 26.3. The number of carbonyl (C=O) groups excluding carboxylic acids is 2. The lowest BCUT2D eigenvalue weighted by Gasteiger charge is -2.25. The number of ether oxygens (including phenoxy) is 4. The average Bonchev–Trinajstić information content (AvgIpc) is 3.52. The highest BCUT2D eigenvalue weighted by molar-refractivity contribution is 7.92. The van der Waals surface area contributed by atoms with E-state index >= 15 is 0 Å². The van der Waals surface area contributed by atoms with Crippen LogP contribution in [0.25, 0.3) is 11.3 Å². The number of furan rings is 1. The van der Waals surface area contributed by atoms with E-state index in [4.69, 9.17) is 35.0 Å². The van der Waals surface area contributed by atoms with Gasteiger partial charge in [0.05, 0.1) is 50.3 Å². The zero-order chi connectivity index (χ0) is 32.6. The van der Waals surface area contributed by atoms with Crippen LogP contribution in [0.2, 0.25) is 5.02 Å². The Labute approximate surface area is 265 Å². The molecule has 0 aliphatic rings. The number of methoxy groups -OCH3 is 3. The number of benzene rings is 3. The van der Waals surface area contributed by atoms with Crippen LogP contribution in [0.4, 0.5) is 5.69 Å². The van der Waals surface area contributed by atoms with Gasteiger partial charge >= 0.3 is 5.97 Å². The Hall–Kier alpha value is -5.01. The van der Waals surface area contributed by atoms with Gasteiger partial charge in [-0.2, -0.15) is 5.10 Å². The maximum Gasteiger partial charge on any atom is 0.338 e. The van der Waals surface area contributed by atoms with E-state index in [0.29, 0.717) is 28.4 Å². The average molecular weight is 656 g/mol. The molecule has 45 heavy (non-hydrogen) atoms. The fourth-order valence-corrected chi connectivity index (χ4v) is 5.76. The van der Waals surface area contributed by atoms with Gasteiger partial charge in [-0.15, -0.1) is 0 Å². The Balaban J connectivity index is 1.54. The number of hydrazone groups is 1. The van der Waals surface area contributed by atoms with Crippen LogP contribution in [0, 0.1) is 0 Å². The van der Waals surface area contributed by atoms with Gasteiger partial charge in [0.1, 0.15) is 23.8 Å². The lowest BCUT2D eigenvalue weighted by Crippen LogP contribution is -2.39. The first-order chi connectivity index (χ1) is 21.6. The van der Waals surface area contributed by atoms with Gasteiger partial charge in [-0.05, 0) is 61.5 Å². The van der Waals surface area contributed by atoms with E-state index in [-0.39, 0.29) is 33.7 Å². The number of hydrogen-bond donors (Lipinski definition) is 1. The maximum absolute atomic E-state index is 13.9. The second kappa shape index (κ2) is 14.6. The Morgan fingerprint density at radius 3 is 2.27 bits per heavy atom. The van der Waals surface area contributed by atoms with E-state index in [2.05, 4.69) is 10.5 Å². The highest BCUT2D eigenvalue weighted by atomic mass is 35.5. The summed E-state index contributed by atoms with van der Waals surface area (Å²) in [4.78, 5) is 24.8. The van der Waals surface area contributed by atoms with Crippen LogP contribution in [0.5, 0.6) is 17.2 Å². The second-order valence-electron chi connectivity index (χ2n) is 9.14. The second-order valence-corrected chi connectivity index (χ2v) is 11.4. The molecule has 4 aromatic rings. The van der Waals surface area contributed by atoms with Gasteiger partial charge < -0.3 is 23.4 Å². The van der Waals surface area contributed by atoms with Gasteiger partial charge in [0.25, 0.3) is 15.9 Å². The van der Waals surface area contributed by atoms with Crippen molar-refractivity contribution in [1.29, 1.82) is 0 Å². The molecule has 3 aromatic carbocycles. The Morgan fingerprint density at radius 2 is 1.60 bits per heavy atom. The highest BCUT2D eigenvalue weighted by Gasteiger charge is 2.30.